The van der Waals surface area contributed by atoms with Crippen molar-refractivity contribution in [3.8, 4) is 0 Å². The molecular formula is C11H16NO2. The summed E-state index contributed by atoms with van der Waals surface area (Å²) in [5.74, 6) is -0.590. The van der Waals surface area contributed by atoms with E-state index in [4.69, 9.17) is 0 Å². The van der Waals surface area contributed by atoms with Gasteiger partial charge in [-0.05, 0) is 19.2 Å². The van der Waals surface area contributed by atoms with E-state index >= 15 is 0 Å². The molecule has 0 aromatic heterocycles. The maximum absolute atomic E-state index is 10.7. The summed E-state index contributed by atoms with van der Waals surface area (Å²) in [7, 11) is 0. The van der Waals surface area contributed by atoms with Gasteiger partial charge in [-0.15, -0.1) is 0 Å². The van der Waals surface area contributed by atoms with E-state index in [2.05, 4.69) is 0 Å². The molecule has 3 nitrogen and oxygen atoms in total. The van der Waals surface area contributed by atoms with Gasteiger partial charge >= 0.3 is 0 Å². The monoisotopic (exact) mass is 194 g/mol. The molecule has 0 fully saturated rings. The van der Waals surface area contributed by atoms with Gasteiger partial charge in [-0.3, -0.25) is 9.69 Å². The lowest BCUT2D eigenvalue weighted by molar-refractivity contribution is -0.0782. The largest absolute Gasteiger partial charge is 0.371 e. The zero-order valence-electron chi connectivity index (χ0n) is 8.60. The van der Waals surface area contributed by atoms with Gasteiger partial charge in [0.2, 0.25) is 6.29 Å². The van der Waals surface area contributed by atoms with Crippen LogP contribution < -0.4 is 0 Å². The van der Waals surface area contributed by atoms with E-state index in [0.29, 0.717) is 13.1 Å². The fourth-order valence-corrected chi connectivity index (χ4v) is 1.78. The van der Waals surface area contributed by atoms with Crippen LogP contribution in [0.1, 0.15) is 13.8 Å². The summed E-state index contributed by atoms with van der Waals surface area (Å²) in [6.45, 7) is 5.30. The van der Waals surface area contributed by atoms with Crippen LogP contribution in [-0.4, -0.2) is 35.1 Å². The van der Waals surface area contributed by atoms with Crippen molar-refractivity contribution in [1.29, 1.82) is 0 Å². The zero-order chi connectivity index (χ0) is 10.6. The molecular weight excluding hydrogens is 178 g/mol. The van der Waals surface area contributed by atoms with Crippen LogP contribution in [0.3, 0.4) is 0 Å². The zero-order valence-corrected chi connectivity index (χ0v) is 8.60. The van der Waals surface area contributed by atoms with Gasteiger partial charge in [0, 0.05) is 0 Å². The molecule has 0 saturated heterocycles. The minimum Gasteiger partial charge on any atom is -0.371 e. The molecule has 0 saturated carbocycles. The number of hydrogen-bond acceptors (Lipinski definition) is 3. The van der Waals surface area contributed by atoms with Crippen molar-refractivity contribution < 1.29 is 9.90 Å². The third kappa shape index (κ3) is 1.79. The highest BCUT2D eigenvalue weighted by molar-refractivity contribution is 5.61. The predicted molar refractivity (Wildman–Crippen MR) is 55.3 cm³/mol. The van der Waals surface area contributed by atoms with Gasteiger partial charge in [-0.25, -0.2) is 0 Å². The average molecular weight is 194 g/mol. The Labute approximate surface area is 84.7 Å². The maximum atomic E-state index is 10.7. The molecule has 1 aliphatic carbocycles. The summed E-state index contributed by atoms with van der Waals surface area (Å²) < 4.78 is 0. The van der Waals surface area contributed by atoms with Gasteiger partial charge in [-0.1, -0.05) is 32.1 Å². The Bertz CT molecular complexity index is 256. The summed E-state index contributed by atoms with van der Waals surface area (Å²) in [5, 5.41) is 10.3. The Hall–Kier alpha value is -0.930. The number of hydrogen-bond donors (Lipinski definition) is 1. The molecule has 0 bridgehead atoms. The van der Waals surface area contributed by atoms with Gasteiger partial charge in [-0.2, -0.15) is 0 Å². The first-order valence-corrected chi connectivity index (χ1v) is 4.90. The third-order valence-corrected chi connectivity index (χ3v) is 2.61. The second kappa shape index (κ2) is 4.53. The Morgan fingerprint density at radius 2 is 2.07 bits per heavy atom. The van der Waals surface area contributed by atoms with Crippen LogP contribution in [0.25, 0.3) is 0 Å². The molecule has 3 heteroatoms. The Morgan fingerprint density at radius 1 is 1.43 bits per heavy atom. The molecule has 0 spiro atoms. The number of likely N-dealkylation sites (N-methyl/N-ethyl adjacent to an activating group) is 1. The Kier molecular flexibility index (Phi) is 3.61. The van der Waals surface area contributed by atoms with Crippen molar-refractivity contribution in [2.75, 3.05) is 13.1 Å². The fraction of sp³-hybridized carbons (Fsp3) is 0.545. The topological polar surface area (TPSA) is 40.5 Å². The molecule has 0 heterocycles. The first kappa shape index (κ1) is 11.1. The van der Waals surface area contributed by atoms with E-state index in [9.17, 15) is 9.90 Å². The van der Waals surface area contributed by atoms with E-state index in [1.165, 1.54) is 0 Å². The average Bonchev–Trinajstić information content (AvgIpc) is 2.20. The summed E-state index contributed by atoms with van der Waals surface area (Å²) in [6, 6.07) is 0. The van der Waals surface area contributed by atoms with E-state index in [0.717, 1.165) is 0 Å². The van der Waals surface area contributed by atoms with Crippen molar-refractivity contribution in [3.05, 3.63) is 24.3 Å². The fourth-order valence-electron chi connectivity index (χ4n) is 1.78. The van der Waals surface area contributed by atoms with Crippen LogP contribution in [0.2, 0.25) is 0 Å². The molecule has 0 aromatic carbocycles. The Balaban J connectivity index is 2.94. The van der Waals surface area contributed by atoms with Crippen LogP contribution in [-0.2, 0) is 4.79 Å². The smallest absolute Gasteiger partial charge is 0.210 e. The van der Waals surface area contributed by atoms with Gasteiger partial charge < -0.3 is 5.11 Å². The molecule has 1 radical (unpaired) electrons. The van der Waals surface area contributed by atoms with Crippen molar-refractivity contribution >= 4 is 6.29 Å². The highest BCUT2D eigenvalue weighted by Gasteiger charge is 2.38. The minimum atomic E-state index is -1.19. The predicted octanol–water partition coefficient (Wildman–Crippen LogP) is 0.869. The highest BCUT2D eigenvalue weighted by atomic mass is 16.3. The second-order valence-corrected chi connectivity index (χ2v) is 3.29. The van der Waals surface area contributed by atoms with Crippen molar-refractivity contribution in [1.82, 2.24) is 4.90 Å². The van der Waals surface area contributed by atoms with Crippen molar-refractivity contribution in [3.63, 3.8) is 0 Å². The molecule has 0 amide bonds. The first-order valence-electron chi connectivity index (χ1n) is 4.90. The van der Waals surface area contributed by atoms with Crippen LogP contribution in [0, 0.1) is 5.92 Å². The van der Waals surface area contributed by atoms with E-state index in [-0.39, 0.29) is 0 Å². The van der Waals surface area contributed by atoms with Crippen LogP contribution in [0.5, 0.6) is 0 Å². The Morgan fingerprint density at radius 3 is 2.57 bits per heavy atom. The van der Waals surface area contributed by atoms with E-state index in [1.54, 1.807) is 24.3 Å². The lowest BCUT2D eigenvalue weighted by Gasteiger charge is -2.39. The molecule has 14 heavy (non-hydrogen) atoms. The van der Waals surface area contributed by atoms with E-state index in [1.807, 2.05) is 25.0 Å². The first-order chi connectivity index (χ1) is 6.69. The van der Waals surface area contributed by atoms with E-state index < -0.39 is 11.6 Å². The van der Waals surface area contributed by atoms with Gasteiger partial charge in [0.05, 0.1) is 5.92 Å². The van der Waals surface area contributed by atoms with Crippen molar-refractivity contribution in [2.24, 2.45) is 5.92 Å². The normalized spacial score (nSPS) is 31.0. The highest BCUT2D eigenvalue weighted by Crippen LogP contribution is 2.26. The van der Waals surface area contributed by atoms with Crippen LogP contribution in [0.15, 0.2) is 24.3 Å². The minimum absolute atomic E-state index is 0.590. The number of aliphatic hydroxyl groups is 1. The number of rotatable bonds is 4. The molecule has 1 aliphatic rings. The third-order valence-electron chi connectivity index (χ3n) is 2.61. The van der Waals surface area contributed by atoms with Crippen LogP contribution >= 0.6 is 0 Å². The summed E-state index contributed by atoms with van der Waals surface area (Å²) in [5.41, 5.74) is -1.19. The lowest BCUT2D eigenvalue weighted by atomic mass is 9.91. The van der Waals surface area contributed by atoms with Crippen LogP contribution in [0.4, 0.5) is 0 Å². The van der Waals surface area contributed by atoms with Gasteiger partial charge in [0.1, 0.15) is 0 Å². The molecule has 0 aromatic rings. The maximum Gasteiger partial charge on any atom is 0.210 e. The number of nitrogens with zero attached hydrogens (tertiary/aromatic N) is 1. The molecule has 0 aliphatic heterocycles. The second-order valence-electron chi connectivity index (χ2n) is 3.29. The molecule has 2 atom stereocenters. The SMILES string of the molecule is CCN(CC)C1(O)C=CC=CC1[C]=O. The molecule has 2 unspecified atom stereocenters. The summed E-state index contributed by atoms with van der Waals surface area (Å²) in [4.78, 5) is 12.6. The number of allylic oxidation sites excluding steroid dienone is 2. The lowest BCUT2D eigenvalue weighted by Crippen LogP contribution is -2.53. The molecule has 1 rings (SSSR count). The summed E-state index contributed by atoms with van der Waals surface area (Å²) in [6.07, 6.45) is 8.70. The van der Waals surface area contributed by atoms with Gasteiger partial charge in [0.25, 0.3) is 0 Å². The van der Waals surface area contributed by atoms with Crippen molar-refractivity contribution in [2.45, 2.75) is 19.6 Å². The standard InChI is InChI=1S/C11H16NO2/c1-3-12(4-2)11(14)8-6-5-7-10(11)9-13/h5-8,10,14H,3-4H2,1-2H3. The quantitative estimate of drug-likeness (QED) is 0.675. The molecule has 1 N–H and O–H groups in total. The molecule has 77 valence electrons. The summed E-state index contributed by atoms with van der Waals surface area (Å²) >= 11 is 0. The number of carbonyl (C=O) groups excluding carboxylic acids is 1. The van der Waals surface area contributed by atoms with Gasteiger partial charge in [0.15, 0.2) is 5.72 Å².